The van der Waals surface area contributed by atoms with Gasteiger partial charge in [-0.3, -0.25) is 0 Å². The number of allylic oxidation sites excluding steroid dienone is 8. The predicted molar refractivity (Wildman–Crippen MR) is 165 cm³/mol. The van der Waals surface area contributed by atoms with Crippen molar-refractivity contribution in [3.63, 3.8) is 0 Å². The Bertz CT molecular complexity index is 2580. The third-order valence-electron chi connectivity index (χ3n) is 8.59. The molecule has 21 heteroatoms. The summed E-state index contributed by atoms with van der Waals surface area (Å²) in [5.41, 5.74) is -26.3. The summed E-state index contributed by atoms with van der Waals surface area (Å²) < 4.78 is 197. The molecule has 0 saturated carbocycles. The first-order valence-electron chi connectivity index (χ1n) is 14.8. The van der Waals surface area contributed by atoms with Gasteiger partial charge in [0.15, 0.2) is 0 Å². The van der Waals surface area contributed by atoms with Gasteiger partial charge in [-0.2, -0.15) is 89.5 Å². The van der Waals surface area contributed by atoms with Gasteiger partial charge < -0.3 is 0 Å². The molecule has 0 saturated heterocycles. The molecule has 2 aliphatic carbocycles. The fraction of sp³-hybridized carbons (Fsp3) is 0.108. The van der Waals surface area contributed by atoms with Gasteiger partial charge in [0, 0.05) is 44.5 Å². The van der Waals surface area contributed by atoms with Crippen molar-refractivity contribution < 1.29 is 61.5 Å². The summed E-state index contributed by atoms with van der Waals surface area (Å²) in [5, 5.41) is 70.7. The lowest BCUT2D eigenvalue weighted by Crippen LogP contribution is -2.16. The van der Waals surface area contributed by atoms with E-state index in [9.17, 15) is 98.3 Å². The maximum atomic E-state index is 14.8. The Morgan fingerprint density at radius 2 is 0.690 bits per heavy atom. The number of nitrogens with zero attached hydrogens (tertiary/aromatic N) is 7. The molecule has 2 aliphatic rings. The van der Waals surface area contributed by atoms with Crippen LogP contribution in [0.25, 0.3) is 33.4 Å². The third-order valence-corrected chi connectivity index (χ3v) is 8.59. The molecule has 0 bridgehead atoms. The van der Waals surface area contributed by atoms with Crippen LogP contribution < -0.4 is 0 Å². The van der Waals surface area contributed by atoms with Gasteiger partial charge in [-0.05, 0) is 41.5 Å². The van der Waals surface area contributed by atoms with E-state index in [1.54, 1.807) is 0 Å². The minimum Gasteiger partial charge on any atom is -0.206 e. The Labute approximate surface area is 313 Å². The monoisotopic (exact) mass is 813 g/mol. The average molecular weight is 813 g/mol. The van der Waals surface area contributed by atoms with Gasteiger partial charge >= 0.3 is 24.7 Å². The lowest BCUT2D eigenvalue weighted by molar-refractivity contribution is -0.149. The Morgan fingerprint density at radius 3 is 0.897 bits per heavy atom. The van der Waals surface area contributed by atoms with E-state index in [2.05, 4.69) is 0 Å². The molecule has 0 radical (unpaired) electrons. The van der Waals surface area contributed by atoms with Crippen LogP contribution in [0.15, 0.2) is 41.5 Å². The van der Waals surface area contributed by atoms with Crippen LogP contribution in [0.3, 0.4) is 0 Å². The molecule has 58 heavy (non-hydrogen) atoms. The molecule has 0 atom stereocenters. The van der Waals surface area contributed by atoms with Crippen LogP contribution >= 0.6 is 0 Å². The first-order valence-corrected chi connectivity index (χ1v) is 14.8. The first kappa shape index (κ1) is 41.2. The number of alkyl halides is 12. The van der Waals surface area contributed by atoms with Crippen LogP contribution in [0.5, 0.6) is 0 Å². The van der Waals surface area contributed by atoms with Crippen molar-refractivity contribution in [3.8, 4) is 42.5 Å². The van der Waals surface area contributed by atoms with E-state index < -0.39 is 142 Å². The van der Waals surface area contributed by atoms with Crippen molar-refractivity contribution in [2.45, 2.75) is 24.7 Å². The van der Waals surface area contributed by atoms with E-state index in [1.807, 2.05) is 0 Å². The van der Waals surface area contributed by atoms with Gasteiger partial charge in [0.05, 0.1) is 39.0 Å². The molecule has 0 amide bonds. The van der Waals surface area contributed by atoms with Crippen LogP contribution in [0.4, 0.5) is 61.5 Å². The second kappa shape index (κ2) is 13.7. The molecule has 286 valence electrons. The molecule has 3 aromatic rings. The van der Waals surface area contributed by atoms with Gasteiger partial charge in [0.2, 0.25) is 0 Å². The molecule has 0 heterocycles. The number of rotatable bonds is 2. The van der Waals surface area contributed by atoms with Gasteiger partial charge in [0.1, 0.15) is 65.3 Å². The maximum absolute atomic E-state index is 14.8. The zero-order chi connectivity index (χ0) is 43.6. The van der Waals surface area contributed by atoms with Gasteiger partial charge in [-0.1, -0.05) is 0 Å². The number of nitriles is 7. The lowest BCUT2D eigenvalue weighted by Gasteiger charge is -2.18. The van der Waals surface area contributed by atoms with Crippen molar-refractivity contribution in [2.24, 2.45) is 0 Å². The summed E-state index contributed by atoms with van der Waals surface area (Å²) in [4.78, 5) is 0. The fourth-order valence-electron chi connectivity index (χ4n) is 6.42. The molecular weight excluding hydrogens is 808 g/mol. The number of fused-ring (bicyclic) bond motifs is 2. The molecular formula is C37H5F14N7. The smallest absolute Gasteiger partial charge is 0.206 e. The Balaban J connectivity index is 2.08. The van der Waals surface area contributed by atoms with Crippen molar-refractivity contribution in [1.29, 1.82) is 36.8 Å². The lowest BCUT2D eigenvalue weighted by atomic mass is 9.84. The maximum Gasteiger partial charge on any atom is 0.419 e. The predicted octanol–water partition coefficient (Wildman–Crippen LogP) is 10.4. The summed E-state index contributed by atoms with van der Waals surface area (Å²) in [6, 6.07) is 9.17. The second-order valence-corrected chi connectivity index (χ2v) is 11.6. The van der Waals surface area contributed by atoms with Crippen molar-refractivity contribution in [3.05, 3.63) is 114 Å². The summed E-state index contributed by atoms with van der Waals surface area (Å²) in [5.74, 6) is -5.65. The van der Waals surface area contributed by atoms with E-state index in [0.29, 0.717) is 6.07 Å². The molecule has 0 unspecified atom stereocenters. The highest BCUT2D eigenvalue weighted by atomic mass is 19.4. The topological polar surface area (TPSA) is 167 Å². The highest BCUT2D eigenvalue weighted by molar-refractivity contribution is 6.31. The van der Waals surface area contributed by atoms with Crippen molar-refractivity contribution >= 4 is 33.4 Å². The normalized spacial score (nSPS) is 13.7. The molecule has 0 aliphatic heterocycles. The highest BCUT2D eigenvalue weighted by Gasteiger charge is 2.47. The quantitative estimate of drug-likeness (QED) is 0.183. The summed E-state index contributed by atoms with van der Waals surface area (Å²) in [7, 11) is 0. The SMILES string of the molecule is N#CC(C#N)=C1C(c2cc(C(F)(F)F)c(F)c(C(F)(F)F)c2)=C(C#N)c2cc3c(c(C#N)c21)C(=C(C#N)C#N)C(c1cc(C(F)(F)F)c(F)c(C(F)(F)F)c1)=C3C#N. The summed E-state index contributed by atoms with van der Waals surface area (Å²) >= 11 is 0. The Kier molecular flexibility index (Phi) is 9.72. The molecule has 0 N–H and O–H groups in total. The Hall–Kier alpha value is -7.93. The standard InChI is InChI=1S/C37H5F14N7/c38-32-22(34(40,41)42)1-13(2-23(32)35(43,44)45)26-19(10-56)17-5-18-20(11-57)27(14-3-24(36(46,47)48)33(39)25(4-14)37(49,50)51)29(16(8-54)9-55)31(18)21(12-58)30(17)28(26)15(6-52)7-53/h1-5H. The molecule has 7 nitrogen and oxygen atoms in total. The van der Waals surface area contributed by atoms with Crippen molar-refractivity contribution in [2.75, 3.05) is 0 Å². The number of hydrogen-bond donors (Lipinski definition) is 0. The van der Waals surface area contributed by atoms with E-state index in [4.69, 9.17) is 0 Å². The van der Waals surface area contributed by atoms with Crippen molar-refractivity contribution in [1.82, 2.24) is 0 Å². The molecule has 3 aromatic carbocycles. The first-order chi connectivity index (χ1) is 26.9. The minimum atomic E-state index is -5.86. The van der Waals surface area contributed by atoms with Crippen LogP contribution in [0.1, 0.15) is 61.2 Å². The van der Waals surface area contributed by atoms with Crippen LogP contribution in [0.2, 0.25) is 0 Å². The molecule has 0 aromatic heterocycles. The Morgan fingerprint density at radius 1 is 0.414 bits per heavy atom. The van der Waals surface area contributed by atoms with E-state index in [-0.39, 0.29) is 24.3 Å². The average Bonchev–Trinajstić information content (AvgIpc) is 3.62. The fourth-order valence-corrected chi connectivity index (χ4v) is 6.42. The van der Waals surface area contributed by atoms with Gasteiger partial charge in [-0.15, -0.1) is 0 Å². The van der Waals surface area contributed by atoms with Crippen LogP contribution in [-0.2, 0) is 24.7 Å². The molecule has 0 spiro atoms. The summed E-state index contributed by atoms with van der Waals surface area (Å²) in [6.07, 6.45) is -23.4. The van der Waals surface area contributed by atoms with Crippen LogP contribution in [0, 0.1) is 91.0 Å². The minimum absolute atomic E-state index is 0.215. The van der Waals surface area contributed by atoms with Gasteiger partial charge in [0.25, 0.3) is 0 Å². The largest absolute Gasteiger partial charge is 0.419 e. The zero-order valence-corrected chi connectivity index (χ0v) is 27.3. The van der Waals surface area contributed by atoms with E-state index in [1.165, 1.54) is 42.5 Å². The van der Waals surface area contributed by atoms with Crippen LogP contribution in [-0.4, -0.2) is 0 Å². The second-order valence-electron chi connectivity index (χ2n) is 11.6. The molecule has 0 fully saturated rings. The van der Waals surface area contributed by atoms with E-state index in [0.717, 1.165) is 0 Å². The highest BCUT2D eigenvalue weighted by Crippen LogP contribution is 2.57. The summed E-state index contributed by atoms with van der Waals surface area (Å²) in [6.45, 7) is 0. The number of halogens is 14. The van der Waals surface area contributed by atoms with Gasteiger partial charge in [-0.25, -0.2) is 8.78 Å². The zero-order valence-electron chi connectivity index (χ0n) is 27.3. The number of benzene rings is 3. The van der Waals surface area contributed by atoms with E-state index >= 15 is 0 Å². The number of hydrogen-bond acceptors (Lipinski definition) is 7. The third kappa shape index (κ3) is 6.30. The molecule has 5 rings (SSSR count).